The van der Waals surface area contributed by atoms with E-state index in [1.54, 1.807) is 6.20 Å². The molecule has 6 aromatic carbocycles. The van der Waals surface area contributed by atoms with Gasteiger partial charge in [0.05, 0.1) is 11.4 Å². The molecule has 2 heterocycles. The minimum absolute atomic E-state index is 0. The molecule has 9 rings (SSSR count). The van der Waals surface area contributed by atoms with E-state index in [1.165, 1.54) is 49.0 Å². The lowest BCUT2D eigenvalue weighted by molar-refractivity contribution is 0.135. The quantitative estimate of drug-likeness (QED) is 0.108. The maximum absolute atomic E-state index is 8.56. The molecule has 2 aromatic heterocycles. The van der Waals surface area contributed by atoms with Crippen LogP contribution in [0.5, 0.6) is 0 Å². The normalized spacial score (nSPS) is 14.2. The Bertz CT molecular complexity index is 2680. The summed E-state index contributed by atoms with van der Waals surface area (Å²) in [6, 6.07) is 46.4. The summed E-state index contributed by atoms with van der Waals surface area (Å²) in [6.45, 7) is 8.90. The van der Waals surface area contributed by atoms with Crippen LogP contribution in [0.1, 0.15) is 56.7 Å². The van der Waals surface area contributed by atoms with Gasteiger partial charge in [-0.1, -0.05) is 137 Å². The second-order valence-electron chi connectivity index (χ2n) is 14.9. The highest BCUT2D eigenvalue weighted by Gasteiger charge is 2.28. The Balaban J connectivity index is 0.000000439. The fraction of sp³-hybridized carbons (Fsp3) is 0.188. The third-order valence-electron chi connectivity index (χ3n) is 9.75. The molecule has 0 saturated carbocycles. The summed E-state index contributed by atoms with van der Waals surface area (Å²) < 4.78 is 0. The van der Waals surface area contributed by atoms with Crippen molar-refractivity contribution in [3.63, 3.8) is 0 Å². The molecule has 7 N–H and O–H groups in total. The lowest BCUT2D eigenvalue weighted by Gasteiger charge is -2.32. The summed E-state index contributed by atoms with van der Waals surface area (Å²) >= 11 is 0. The molecule has 10 heteroatoms. The number of carboxylic acid groups (broad SMARTS) is 4. The van der Waals surface area contributed by atoms with Gasteiger partial charge in [0.25, 0.3) is 0 Å². The predicted octanol–water partition coefficient (Wildman–Crippen LogP) is 12.8. The summed E-state index contributed by atoms with van der Waals surface area (Å²) in [4.78, 5) is 22.3. The Kier molecular flexibility index (Phi) is 13.7. The number of benzene rings is 6. The number of aromatic nitrogens is 3. The predicted molar refractivity (Wildman–Crippen MR) is 233 cm³/mol. The van der Waals surface area contributed by atoms with E-state index in [-0.39, 0.29) is 6.15 Å². The van der Waals surface area contributed by atoms with Gasteiger partial charge in [-0.3, -0.25) is 0 Å². The molecule has 0 spiro atoms. The number of pyridine rings is 1. The molecule has 0 radical (unpaired) electrons. The zero-order valence-corrected chi connectivity index (χ0v) is 33.0. The second-order valence-corrected chi connectivity index (χ2v) is 14.9. The van der Waals surface area contributed by atoms with Crippen molar-refractivity contribution in [3.05, 3.63) is 150 Å². The van der Waals surface area contributed by atoms with Gasteiger partial charge in [0.1, 0.15) is 5.69 Å². The van der Waals surface area contributed by atoms with E-state index >= 15 is 0 Å². The summed E-state index contributed by atoms with van der Waals surface area (Å²) in [5, 5.41) is 46.4. The van der Waals surface area contributed by atoms with Crippen molar-refractivity contribution in [1.82, 2.24) is 21.3 Å². The van der Waals surface area contributed by atoms with Crippen LogP contribution in [-0.2, 0) is 6.42 Å². The maximum Gasteiger partial charge on any atom is 0.503 e. The van der Waals surface area contributed by atoms with Gasteiger partial charge in [0.2, 0.25) is 0 Å². The van der Waals surface area contributed by atoms with Crippen LogP contribution in [0.4, 0.5) is 9.59 Å². The van der Waals surface area contributed by atoms with Crippen LogP contribution in [0.3, 0.4) is 0 Å². The Morgan fingerprint density at radius 1 is 0.621 bits per heavy atom. The monoisotopic (exact) mass is 776 g/mol. The molecule has 1 aliphatic rings. The molecule has 0 fully saturated rings. The zero-order valence-electron chi connectivity index (χ0n) is 33.0. The molecule has 2 atom stereocenters. The first-order chi connectivity index (χ1) is 27.4. The number of nitrogens with zero attached hydrogens (tertiary/aromatic N) is 3. The van der Waals surface area contributed by atoms with Crippen LogP contribution in [-0.4, -0.2) is 47.9 Å². The maximum atomic E-state index is 8.56. The van der Waals surface area contributed by atoms with Gasteiger partial charge in [-0.25, -0.2) is 14.6 Å². The van der Waals surface area contributed by atoms with Crippen LogP contribution < -0.4 is 6.15 Å². The van der Waals surface area contributed by atoms with Crippen LogP contribution in [0.2, 0.25) is 0 Å². The zero-order chi connectivity index (χ0) is 40.6. The minimum atomic E-state index is -1.83. The van der Waals surface area contributed by atoms with Gasteiger partial charge >= 0.3 is 12.3 Å². The highest BCUT2D eigenvalue weighted by atomic mass is 16.6. The third kappa shape index (κ3) is 9.72. The molecule has 2 unspecified atom stereocenters. The van der Waals surface area contributed by atoms with E-state index in [0.29, 0.717) is 11.8 Å². The smallest absolute Gasteiger partial charge is 0.450 e. The largest absolute Gasteiger partial charge is 0.503 e. The highest BCUT2D eigenvalue weighted by molar-refractivity contribution is 6.13. The second kappa shape index (κ2) is 18.8. The van der Waals surface area contributed by atoms with E-state index in [9.17, 15) is 0 Å². The van der Waals surface area contributed by atoms with Crippen molar-refractivity contribution < 1.29 is 30.0 Å². The molecule has 0 aliphatic heterocycles. The molecule has 8 aromatic rings. The SMILES string of the molecule is CC(C)C.CC1Cc2ccc3c(ccc4c(-c5cc6ccccc6c(-c6cccnn6)n5)cccc43)c2C(c2ccc3ccccc3c2)C1.N.O=C(O)O.O=C(O)O. The van der Waals surface area contributed by atoms with Crippen molar-refractivity contribution >= 4 is 55.4 Å². The van der Waals surface area contributed by atoms with E-state index < -0.39 is 12.3 Å². The summed E-state index contributed by atoms with van der Waals surface area (Å²) in [5.74, 6) is 1.84. The number of fused-ring (bicyclic) bond motifs is 7. The third-order valence-corrected chi connectivity index (χ3v) is 9.75. The fourth-order valence-electron chi connectivity index (χ4n) is 7.72. The molecule has 0 saturated heterocycles. The van der Waals surface area contributed by atoms with E-state index in [2.05, 4.69) is 153 Å². The Morgan fingerprint density at radius 3 is 1.91 bits per heavy atom. The highest BCUT2D eigenvalue weighted by Crippen LogP contribution is 2.45. The first kappa shape index (κ1) is 42.2. The molecule has 58 heavy (non-hydrogen) atoms. The first-order valence-electron chi connectivity index (χ1n) is 18.9. The molecule has 0 amide bonds. The molecule has 0 bridgehead atoms. The number of rotatable bonds is 3. The van der Waals surface area contributed by atoms with E-state index in [0.717, 1.165) is 52.2 Å². The molecule has 1 aliphatic carbocycles. The molecular weight excluding hydrogens is 729 g/mol. The van der Waals surface area contributed by atoms with Crippen molar-refractivity contribution in [3.8, 4) is 22.6 Å². The van der Waals surface area contributed by atoms with Gasteiger partial charge in [0.15, 0.2) is 0 Å². The van der Waals surface area contributed by atoms with Crippen molar-refractivity contribution in [2.75, 3.05) is 0 Å². The summed E-state index contributed by atoms with van der Waals surface area (Å²) in [7, 11) is 0. The van der Waals surface area contributed by atoms with Crippen LogP contribution in [0.15, 0.2) is 134 Å². The average molecular weight is 777 g/mol. The summed E-state index contributed by atoms with van der Waals surface area (Å²) in [5.41, 5.74) is 8.11. The van der Waals surface area contributed by atoms with Crippen LogP contribution in [0.25, 0.3) is 65.7 Å². The summed E-state index contributed by atoms with van der Waals surface area (Å²) in [6.07, 6.45) is 0.323. The first-order valence-corrected chi connectivity index (χ1v) is 18.9. The lowest BCUT2D eigenvalue weighted by atomic mass is 9.72. The van der Waals surface area contributed by atoms with E-state index in [4.69, 9.17) is 35.0 Å². The number of hydrogen-bond acceptors (Lipinski definition) is 6. The van der Waals surface area contributed by atoms with Crippen LogP contribution in [0, 0.1) is 11.8 Å². The van der Waals surface area contributed by atoms with Crippen molar-refractivity contribution in [1.29, 1.82) is 0 Å². The molecule has 296 valence electrons. The van der Waals surface area contributed by atoms with Crippen LogP contribution >= 0.6 is 0 Å². The minimum Gasteiger partial charge on any atom is -0.450 e. The Morgan fingerprint density at radius 2 is 1.22 bits per heavy atom. The Labute approximate surface area is 337 Å². The number of carbonyl (C=O) groups is 2. The molecular formula is C48H48N4O6. The standard InChI is InChI=1S/C42H31N3.C4H10.2CH2O3.H3N/c1-26-22-31-17-18-35-33-12-6-13-36(40-25-29-10-4-5-11-32(29)42(44-40)39-14-7-21-43-45-39)34(33)19-20-37(35)41(31)38(23-26)30-16-15-27-8-2-3-9-28(27)24-30;1-4(2)3;2*2-1(3)4;/h2-21,24-26,38H,22-23H2,1H3;4H,1-3H3;2*(H2,2,3,4);1H3. The van der Waals surface area contributed by atoms with Crippen molar-refractivity contribution in [2.45, 2.75) is 46.5 Å². The number of hydrogen-bond donors (Lipinski definition) is 5. The van der Waals surface area contributed by atoms with Gasteiger partial charge in [-0.2, -0.15) is 5.10 Å². The lowest BCUT2D eigenvalue weighted by Crippen LogP contribution is -2.18. The van der Waals surface area contributed by atoms with Gasteiger partial charge in [0, 0.05) is 23.1 Å². The van der Waals surface area contributed by atoms with Gasteiger partial charge in [-0.15, -0.1) is 5.10 Å². The molecule has 10 nitrogen and oxygen atoms in total. The Hall–Kier alpha value is -6.91. The van der Waals surface area contributed by atoms with Crippen molar-refractivity contribution in [2.24, 2.45) is 11.8 Å². The average Bonchev–Trinajstić information content (AvgIpc) is 3.19. The fourth-order valence-corrected chi connectivity index (χ4v) is 7.72. The topological polar surface area (TPSA) is 189 Å². The van der Waals surface area contributed by atoms with Gasteiger partial charge in [-0.05, 0) is 97.3 Å². The van der Waals surface area contributed by atoms with E-state index in [1.807, 2.05) is 12.1 Å². The van der Waals surface area contributed by atoms with Gasteiger partial charge < -0.3 is 26.6 Å².